The van der Waals surface area contributed by atoms with E-state index in [1.54, 1.807) is 0 Å². The first-order valence-corrected chi connectivity index (χ1v) is 5.12. The molecule has 2 rings (SSSR count). The maximum atomic E-state index is 12.5. The number of carboxylic acid groups (broad SMARTS) is 1. The summed E-state index contributed by atoms with van der Waals surface area (Å²) in [5.74, 6) is 0. The fourth-order valence-corrected chi connectivity index (χ4v) is 1.74. The van der Waals surface area contributed by atoms with E-state index in [1.807, 2.05) is 0 Å². The van der Waals surface area contributed by atoms with Crippen molar-refractivity contribution in [3.63, 3.8) is 0 Å². The highest BCUT2D eigenvalue weighted by Gasteiger charge is 2.31. The maximum Gasteiger partial charge on any atom is 0.421 e. The number of halogens is 4. The van der Waals surface area contributed by atoms with Gasteiger partial charge in [-0.05, 0) is 29.8 Å². The monoisotopic (exact) mass is 292 g/mol. The van der Waals surface area contributed by atoms with E-state index in [9.17, 15) is 22.8 Å². The van der Waals surface area contributed by atoms with Crippen molar-refractivity contribution in [3.8, 4) is 0 Å². The second-order valence-electron chi connectivity index (χ2n) is 3.53. The summed E-state index contributed by atoms with van der Waals surface area (Å²) in [6.45, 7) is 0. The molecule has 0 saturated carbocycles. The number of carbonyl (C=O) groups is 1. The Bertz CT molecular complexity index is 739. The average molecular weight is 293 g/mol. The van der Waals surface area contributed by atoms with Crippen molar-refractivity contribution in [3.05, 3.63) is 39.4 Å². The molecule has 0 bridgehead atoms. The van der Waals surface area contributed by atoms with Crippen molar-refractivity contribution in [1.29, 1.82) is 0 Å². The molecule has 19 heavy (non-hydrogen) atoms. The number of fused-ring (bicyclic) bond motifs is 1. The lowest BCUT2D eigenvalue weighted by molar-refractivity contribution is -0.137. The highest BCUT2D eigenvalue weighted by molar-refractivity contribution is 6.29. The van der Waals surface area contributed by atoms with Gasteiger partial charge in [-0.15, -0.1) is 0 Å². The fourth-order valence-electron chi connectivity index (χ4n) is 1.50. The second-order valence-corrected chi connectivity index (χ2v) is 3.87. The minimum atomic E-state index is -4.64. The summed E-state index contributed by atoms with van der Waals surface area (Å²) in [5, 5.41) is 7.65. The molecule has 0 radical (unpaired) electrons. The van der Waals surface area contributed by atoms with Gasteiger partial charge in [0.1, 0.15) is 0 Å². The molecule has 0 saturated heterocycles. The minimum Gasteiger partial charge on any atom is -0.464 e. The molecule has 9 heteroatoms. The molecule has 1 heterocycles. The summed E-state index contributed by atoms with van der Waals surface area (Å²) >= 11 is 5.48. The molecule has 0 atom stereocenters. The van der Waals surface area contributed by atoms with Gasteiger partial charge in [-0.3, -0.25) is 4.79 Å². The van der Waals surface area contributed by atoms with Gasteiger partial charge in [0.15, 0.2) is 0 Å². The van der Waals surface area contributed by atoms with Crippen LogP contribution in [0.3, 0.4) is 0 Å². The third-order valence-corrected chi connectivity index (χ3v) is 2.60. The summed E-state index contributed by atoms with van der Waals surface area (Å²) < 4.78 is 37.6. The predicted octanol–water partition coefficient (Wildman–Crippen LogP) is 2.59. The van der Waals surface area contributed by atoms with Crippen LogP contribution in [0.15, 0.2) is 23.0 Å². The van der Waals surface area contributed by atoms with Crippen LogP contribution in [-0.4, -0.2) is 20.8 Å². The molecule has 0 amide bonds. The second kappa shape index (κ2) is 4.23. The molecule has 0 unspecified atom stereocenters. The van der Waals surface area contributed by atoms with Gasteiger partial charge in [-0.2, -0.15) is 17.7 Å². The van der Waals surface area contributed by atoms with Crippen LogP contribution in [0, 0.1) is 0 Å². The summed E-state index contributed by atoms with van der Waals surface area (Å²) in [4.78, 5) is 26.1. The van der Waals surface area contributed by atoms with Crippen LogP contribution in [0.1, 0.15) is 5.56 Å². The Morgan fingerprint density at radius 1 is 1.37 bits per heavy atom. The molecule has 1 aromatic carbocycles. The number of alkyl halides is 3. The first kappa shape index (κ1) is 13.3. The molecule has 100 valence electrons. The first-order valence-electron chi connectivity index (χ1n) is 4.74. The van der Waals surface area contributed by atoms with E-state index in [0.717, 1.165) is 12.1 Å². The van der Waals surface area contributed by atoms with E-state index in [0.29, 0.717) is 6.07 Å². The van der Waals surface area contributed by atoms with Gasteiger partial charge in [-0.1, -0.05) is 0 Å². The number of benzene rings is 1. The lowest BCUT2D eigenvalue weighted by Gasteiger charge is -2.08. The van der Waals surface area contributed by atoms with E-state index in [2.05, 4.69) is 4.98 Å². The van der Waals surface area contributed by atoms with E-state index in [1.165, 1.54) is 0 Å². The third kappa shape index (κ3) is 2.26. The minimum absolute atomic E-state index is 0.0735. The van der Waals surface area contributed by atoms with Crippen LogP contribution >= 0.6 is 11.6 Å². The highest BCUT2D eigenvalue weighted by Crippen LogP contribution is 2.30. The third-order valence-electron chi connectivity index (χ3n) is 2.35. The Balaban J connectivity index is 2.86. The molecular formula is C10H4ClF3N2O3. The Labute approximate surface area is 107 Å². The Hall–Kier alpha value is -2.09. The van der Waals surface area contributed by atoms with E-state index in [-0.39, 0.29) is 10.1 Å². The molecule has 0 aliphatic heterocycles. The lowest BCUT2D eigenvalue weighted by Crippen LogP contribution is -2.27. The van der Waals surface area contributed by atoms with Crippen molar-refractivity contribution in [2.24, 2.45) is 0 Å². The van der Waals surface area contributed by atoms with Crippen LogP contribution in [0.2, 0.25) is 5.28 Å². The van der Waals surface area contributed by atoms with Gasteiger partial charge >= 0.3 is 12.3 Å². The lowest BCUT2D eigenvalue weighted by atomic mass is 10.1. The van der Waals surface area contributed by atoms with E-state index < -0.39 is 34.1 Å². The van der Waals surface area contributed by atoms with Gasteiger partial charge in [0.25, 0.3) is 5.56 Å². The number of rotatable bonds is 0. The molecule has 5 nitrogen and oxygen atoms in total. The summed E-state index contributed by atoms with van der Waals surface area (Å²) in [6.07, 6.45) is -6.37. The van der Waals surface area contributed by atoms with Crippen LogP contribution < -0.4 is 5.56 Å². The van der Waals surface area contributed by atoms with Crippen molar-refractivity contribution >= 4 is 28.6 Å². The average Bonchev–Trinajstić information content (AvgIpc) is 2.26. The number of hydrogen-bond acceptors (Lipinski definition) is 3. The quantitative estimate of drug-likeness (QED) is 0.758. The van der Waals surface area contributed by atoms with Crippen molar-refractivity contribution in [1.82, 2.24) is 9.55 Å². The van der Waals surface area contributed by atoms with Crippen LogP contribution in [0.5, 0.6) is 0 Å². The molecule has 0 aliphatic carbocycles. The highest BCUT2D eigenvalue weighted by atomic mass is 35.5. The topological polar surface area (TPSA) is 72.2 Å². The maximum absolute atomic E-state index is 12.5. The number of hydrogen-bond donors (Lipinski definition) is 1. The molecule has 0 aliphatic rings. The normalized spacial score (nSPS) is 11.8. The summed E-state index contributed by atoms with van der Waals surface area (Å²) in [5.41, 5.74) is -2.35. The first-order chi connectivity index (χ1) is 8.71. The van der Waals surface area contributed by atoms with Gasteiger partial charge < -0.3 is 5.11 Å². The smallest absolute Gasteiger partial charge is 0.421 e. The zero-order valence-corrected chi connectivity index (χ0v) is 9.66. The van der Waals surface area contributed by atoms with E-state index in [4.69, 9.17) is 16.7 Å². The molecule has 1 N–H and O–H groups in total. The summed E-state index contributed by atoms with van der Waals surface area (Å²) in [6, 6.07) is 2.23. The van der Waals surface area contributed by atoms with Crippen LogP contribution in [-0.2, 0) is 6.18 Å². The number of aromatic nitrogens is 2. The van der Waals surface area contributed by atoms with Crippen LogP contribution in [0.4, 0.5) is 18.0 Å². The van der Waals surface area contributed by atoms with Gasteiger partial charge in [-0.25, -0.2) is 9.78 Å². The van der Waals surface area contributed by atoms with Crippen molar-refractivity contribution < 1.29 is 23.1 Å². The number of nitrogens with zero attached hydrogens (tertiary/aromatic N) is 2. The van der Waals surface area contributed by atoms with Gasteiger partial charge in [0.2, 0.25) is 5.28 Å². The molecule has 0 spiro atoms. The Morgan fingerprint density at radius 3 is 2.53 bits per heavy atom. The summed E-state index contributed by atoms with van der Waals surface area (Å²) in [7, 11) is 0. The van der Waals surface area contributed by atoms with Crippen LogP contribution in [0.25, 0.3) is 10.9 Å². The molecule has 2 aromatic rings. The predicted molar refractivity (Wildman–Crippen MR) is 59.4 cm³/mol. The van der Waals surface area contributed by atoms with Gasteiger partial charge in [0.05, 0.1) is 16.5 Å². The zero-order chi connectivity index (χ0) is 14.4. The standard InChI is InChI=1S/C10H4ClF3N2O3/c11-8-15-6-2-1-4(10(12,13)14)3-5(6)7(17)16(8)9(18)19/h1-3H,(H,18,19). The Morgan fingerprint density at radius 2 is 2.00 bits per heavy atom. The van der Waals surface area contributed by atoms with Gasteiger partial charge in [0, 0.05) is 0 Å². The molecule has 0 fully saturated rings. The van der Waals surface area contributed by atoms with Crippen molar-refractivity contribution in [2.45, 2.75) is 6.18 Å². The fraction of sp³-hybridized carbons (Fsp3) is 0.100. The zero-order valence-electron chi connectivity index (χ0n) is 8.90. The van der Waals surface area contributed by atoms with E-state index >= 15 is 0 Å². The molecular weight excluding hydrogens is 289 g/mol. The SMILES string of the molecule is O=C(O)n1c(Cl)nc2ccc(C(F)(F)F)cc2c1=O. The Kier molecular flexibility index (Phi) is 2.97. The molecule has 1 aromatic heterocycles. The van der Waals surface area contributed by atoms with Crippen molar-refractivity contribution in [2.75, 3.05) is 0 Å². The largest absolute Gasteiger partial charge is 0.464 e.